The van der Waals surface area contributed by atoms with Crippen LogP contribution in [0.25, 0.3) is 11.4 Å². The van der Waals surface area contributed by atoms with Gasteiger partial charge in [0.05, 0.1) is 12.0 Å². The van der Waals surface area contributed by atoms with Gasteiger partial charge in [-0.3, -0.25) is 9.36 Å². The Hall–Kier alpha value is -2.16. The fourth-order valence-corrected chi connectivity index (χ4v) is 5.39. The van der Waals surface area contributed by atoms with Crippen molar-refractivity contribution in [3.63, 3.8) is 0 Å². The number of benzene rings is 1. The van der Waals surface area contributed by atoms with Crippen LogP contribution < -0.4 is 5.43 Å². The van der Waals surface area contributed by atoms with Gasteiger partial charge in [-0.15, -0.1) is 21.5 Å². The van der Waals surface area contributed by atoms with E-state index in [1.165, 1.54) is 31.0 Å². The van der Waals surface area contributed by atoms with E-state index in [1.807, 2.05) is 42.6 Å². The van der Waals surface area contributed by atoms with Gasteiger partial charge >= 0.3 is 0 Å². The van der Waals surface area contributed by atoms with Crippen molar-refractivity contribution in [3.8, 4) is 11.4 Å². The molecular weight excluding hydrogens is 450 g/mol. The fraction of sp³-hybridized carbons (Fsp3) is 0.364. The second-order valence-corrected chi connectivity index (χ2v) is 9.85. The zero-order valence-electron chi connectivity index (χ0n) is 17.3. The van der Waals surface area contributed by atoms with Crippen LogP contribution in [-0.2, 0) is 4.79 Å². The highest BCUT2D eigenvalue weighted by atomic mass is 35.5. The summed E-state index contributed by atoms with van der Waals surface area (Å²) in [6.07, 6.45) is 7.55. The first-order valence-electron chi connectivity index (χ1n) is 10.3. The van der Waals surface area contributed by atoms with Gasteiger partial charge in [-0.05, 0) is 61.0 Å². The number of nitrogens with one attached hydrogen (secondary N) is 1. The van der Waals surface area contributed by atoms with Gasteiger partial charge < -0.3 is 0 Å². The number of hydrogen-bond acceptors (Lipinski definition) is 6. The van der Waals surface area contributed by atoms with Crippen molar-refractivity contribution >= 4 is 46.8 Å². The van der Waals surface area contributed by atoms with E-state index in [0.717, 1.165) is 39.8 Å². The van der Waals surface area contributed by atoms with Crippen LogP contribution >= 0.6 is 34.7 Å². The van der Waals surface area contributed by atoms with Gasteiger partial charge in [-0.2, -0.15) is 5.10 Å². The maximum absolute atomic E-state index is 12.3. The van der Waals surface area contributed by atoms with E-state index in [9.17, 15) is 4.79 Å². The maximum Gasteiger partial charge on any atom is 0.250 e. The van der Waals surface area contributed by atoms with E-state index in [0.29, 0.717) is 11.1 Å². The molecule has 31 heavy (non-hydrogen) atoms. The summed E-state index contributed by atoms with van der Waals surface area (Å²) in [4.78, 5) is 13.4. The summed E-state index contributed by atoms with van der Waals surface area (Å²) in [6.45, 7) is 2.02. The Balaban J connectivity index is 1.47. The number of amides is 1. The van der Waals surface area contributed by atoms with E-state index in [-0.39, 0.29) is 11.7 Å². The molecule has 0 aliphatic heterocycles. The number of aromatic nitrogens is 3. The van der Waals surface area contributed by atoms with Crippen molar-refractivity contribution in [2.45, 2.75) is 50.2 Å². The summed E-state index contributed by atoms with van der Waals surface area (Å²) in [7, 11) is 0. The lowest BCUT2D eigenvalue weighted by atomic mass is 9.95. The Morgan fingerprint density at radius 1 is 1.26 bits per heavy atom. The van der Waals surface area contributed by atoms with E-state index in [1.54, 1.807) is 17.6 Å². The highest BCUT2D eigenvalue weighted by Crippen LogP contribution is 2.35. The average molecular weight is 474 g/mol. The molecule has 1 aliphatic carbocycles. The molecule has 9 heteroatoms. The highest BCUT2D eigenvalue weighted by molar-refractivity contribution is 7.99. The second-order valence-electron chi connectivity index (χ2n) is 7.52. The quantitative estimate of drug-likeness (QED) is 0.271. The Morgan fingerprint density at radius 2 is 2.03 bits per heavy atom. The molecule has 4 rings (SSSR count). The first kappa shape index (κ1) is 22.0. The molecule has 2 aromatic heterocycles. The molecule has 1 amide bonds. The van der Waals surface area contributed by atoms with Gasteiger partial charge in [0.25, 0.3) is 5.91 Å². The molecule has 2 heterocycles. The number of nitrogens with zero attached hydrogens (tertiary/aromatic N) is 4. The van der Waals surface area contributed by atoms with Crippen LogP contribution in [0.1, 0.15) is 48.6 Å². The van der Waals surface area contributed by atoms with Crippen molar-refractivity contribution in [3.05, 3.63) is 51.2 Å². The zero-order chi connectivity index (χ0) is 21.6. The van der Waals surface area contributed by atoms with Crippen LogP contribution in [0.3, 0.4) is 0 Å². The number of thiophene rings is 1. The van der Waals surface area contributed by atoms with Crippen LogP contribution in [-0.4, -0.2) is 32.6 Å². The normalized spacial score (nSPS) is 14.9. The van der Waals surface area contributed by atoms with Crippen LogP contribution in [0, 0.1) is 6.92 Å². The van der Waals surface area contributed by atoms with Crippen molar-refractivity contribution in [2.75, 3.05) is 5.75 Å². The van der Waals surface area contributed by atoms with Gasteiger partial charge in [0.2, 0.25) is 0 Å². The minimum Gasteiger partial charge on any atom is -0.299 e. The van der Waals surface area contributed by atoms with E-state index < -0.39 is 0 Å². The number of thioether (sulfide) groups is 1. The number of halogens is 1. The molecule has 0 saturated heterocycles. The molecule has 162 valence electrons. The smallest absolute Gasteiger partial charge is 0.250 e. The largest absolute Gasteiger partial charge is 0.299 e. The van der Waals surface area contributed by atoms with Crippen LogP contribution in [0.2, 0.25) is 5.02 Å². The maximum atomic E-state index is 12.3. The summed E-state index contributed by atoms with van der Waals surface area (Å²) >= 11 is 9.05. The molecule has 0 spiro atoms. The predicted molar refractivity (Wildman–Crippen MR) is 128 cm³/mol. The monoisotopic (exact) mass is 473 g/mol. The van der Waals surface area contributed by atoms with Crippen molar-refractivity contribution in [1.82, 2.24) is 20.2 Å². The molecule has 1 aromatic carbocycles. The lowest BCUT2D eigenvalue weighted by molar-refractivity contribution is -0.118. The topological polar surface area (TPSA) is 72.2 Å². The highest BCUT2D eigenvalue weighted by Gasteiger charge is 2.24. The molecular formula is C22H24ClN5OS2. The minimum atomic E-state index is -0.165. The molecule has 1 aliphatic rings. The lowest BCUT2D eigenvalue weighted by Crippen LogP contribution is -2.20. The summed E-state index contributed by atoms with van der Waals surface area (Å²) in [5, 5.41) is 16.4. The molecule has 0 unspecified atom stereocenters. The third kappa shape index (κ3) is 5.56. The molecule has 1 fully saturated rings. The molecule has 1 saturated carbocycles. The van der Waals surface area contributed by atoms with Crippen molar-refractivity contribution in [1.29, 1.82) is 0 Å². The number of carbonyl (C=O) groups excluding carboxylic acids is 1. The molecule has 0 atom stereocenters. The second kappa shape index (κ2) is 10.4. The van der Waals surface area contributed by atoms with Crippen molar-refractivity contribution < 1.29 is 4.79 Å². The summed E-state index contributed by atoms with van der Waals surface area (Å²) < 4.78 is 2.21. The van der Waals surface area contributed by atoms with Gasteiger partial charge in [-0.25, -0.2) is 5.43 Å². The van der Waals surface area contributed by atoms with Gasteiger partial charge in [-0.1, -0.05) is 42.6 Å². The van der Waals surface area contributed by atoms with Gasteiger partial charge in [0, 0.05) is 21.5 Å². The van der Waals surface area contributed by atoms with Crippen LogP contribution in [0.4, 0.5) is 0 Å². The molecule has 3 aromatic rings. The molecule has 1 N–H and O–H groups in total. The van der Waals surface area contributed by atoms with Gasteiger partial charge in [0.1, 0.15) is 0 Å². The summed E-state index contributed by atoms with van der Waals surface area (Å²) in [5.74, 6) is 0.894. The Morgan fingerprint density at radius 3 is 2.74 bits per heavy atom. The Kier molecular flexibility index (Phi) is 7.42. The molecule has 0 radical (unpaired) electrons. The van der Waals surface area contributed by atoms with E-state index in [4.69, 9.17) is 11.6 Å². The lowest BCUT2D eigenvalue weighted by Gasteiger charge is -2.25. The number of hydrazone groups is 1. The number of hydrogen-bond donors (Lipinski definition) is 1. The number of carbonyl (C=O) groups is 1. The first-order chi connectivity index (χ1) is 15.1. The SMILES string of the molecule is Cc1ccsc1/C=N/NC(=O)CSc1nnc(-c2ccc(Cl)cc2)n1C1CCCCC1. The third-order valence-corrected chi connectivity index (χ3v) is 7.46. The minimum absolute atomic E-state index is 0.165. The van der Waals surface area contributed by atoms with Crippen LogP contribution in [0.15, 0.2) is 46.0 Å². The standard InChI is InChI=1S/C22H24ClN5OS2/c1-15-11-12-30-19(15)13-24-25-20(29)14-31-22-27-26-21(16-7-9-17(23)10-8-16)28(22)18-5-3-2-4-6-18/h7-13,18H,2-6,14H2,1H3,(H,25,29)/b24-13+. The van der Waals surface area contributed by atoms with Crippen LogP contribution in [0.5, 0.6) is 0 Å². The average Bonchev–Trinajstić information content (AvgIpc) is 3.39. The Bertz CT molecular complexity index is 1050. The fourth-order valence-electron chi connectivity index (χ4n) is 3.68. The summed E-state index contributed by atoms with van der Waals surface area (Å²) in [6, 6.07) is 10.0. The number of rotatable bonds is 7. The Labute approximate surface area is 195 Å². The van der Waals surface area contributed by atoms with E-state index in [2.05, 4.69) is 25.3 Å². The van der Waals surface area contributed by atoms with Gasteiger partial charge in [0.15, 0.2) is 11.0 Å². The van der Waals surface area contributed by atoms with E-state index >= 15 is 0 Å². The summed E-state index contributed by atoms with van der Waals surface area (Å²) in [5.41, 5.74) is 4.73. The molecule has 6 nitrogen and oxygen atoms in total. The van der Waals surface area contributed by atoms with Crippen molar-refractivity contribution in [2.24, 2.45) is 5.10 Å². The first-order valence-corrected chi connectivity index (χ1v) is 12.6. The predicted octanol–water partition coefficient (Wildman–Crippen LogP) is 5.72. The number of aryl methyl sites for hydroxylation is 1. The molecule has 0 bridgehead atoms. The third-order valence-electron chi connectivity index (χ3n) is 5.31. The zero-order valence-corrected chi connectivity index (χ0v) is 19.6.